The molecule has 1 aromatic carbocycles. The largest absolute Gasteiger partial charge is 0.493 e. The van der Waals surface area contributed by atoms with Gasteiger partial charge in [0.15, 0.2) is 0 Å². The smallest absolute Gasteiger partial charge is 0.122 e. The molecule has 1 saturated heterocycles. The van der Waals surface area contributed by atoms with Crippen molar-refractivity contribution >= 4 is 5.69 Å². The SMILES string of the molecule is c1cc2c(cc1NC1CCOC1)CCO2. The molecule has 0 amide bonds. The highest BCUT2D eigenvalue weighted by Crippen LogP contribution is 2.28. The number of benzene rings is 1. The molecule has 2 aliphatic rings. The van der Waals surface area contributed by atoms with Crippen molar-refractivity contribution in [2.24, 2.45) is 0 Å². The second-order valence-corrected chi connectivity index (χ2v) is 4.13. The van der Waals surface area contributed by atoms with Crippen molar-refractivity contribution in [2.75, 3.05) is 25.1 Å². The summed E-state index contributed by atoms with van der Waals surface area (Å²) < 4.78 is 10.8. The molecule has 1 N–H and O–H groups in total. The summed E-state index contributed by atoms with van der Waals surface area (Å²) in [6.45, 7) is 2.53. The maximum Gasteiger partial charge on any atom is 0.122 e. The standard InChI is InChI=1S/C12H15NO2/c1-2-12-9(3-6-15-12)7-10(1)13-11-4-5-14-8-11/h1-2,7,11,13H,3-6,8H2. The molecule has 0 saturated carbocycles. The fraction of sp³-hybridized carbons (Fsp3) is 0.500. The second-order valence-electron chi connectivity index (χ2n) is 4.13. The number of rotatable bonds is 2. The molecule has 2 heterocycles. The Kier molecular flexibility index (Phi) is 2.25. The van der Waals surface area contributed by atoms with E-state index in [2.05, 4.69) is 23.5 Å². The third kappa shape index (κ3) is 1.79. The van der Waals surface area contributed by atoms with Crippen molar-refractivity contribution in [1.82, 2.24) is 0 Å². The van der Waals surface area contributed by atoms with Gasteiger partial charge in [0.1, 0.15) is 5.75 Å². The van der Waals surface area contributed by atoms with E-state index in [4.69, 9.17) is 9.47 Å². The number of hydrogen-bond donors (Lipinski definition) is 1. The van der Waals surface area contributed by atoms with Crippen molar-refractivity contribution in [1.29, 1.82) is 0 Å². The molecule has 1 atom stereocenters. The van der Waals surface area contributed by atoms with Crippen LogP contribution in [-0.2, 0) is 11.2 Å². The zero-order chi connectivity index (χ0) is 10.1. The molecule has 0 bridgehead atoms. The number of hydrogen-bond acceptors (Lipinski definition) is 3. The lowest BCUT2D eigenvalue weighted by molar-refractivity contribution is 0.195. The Morgan fingerprint density at radius 1 is 1.27 bits per heavy atom. The molecule has 80 valence electrons. The monoisotopic (exact) mass is 205 g/mol. The van der Waals surface area contributed by atoms with E-state index >= 15 is 0 Å². The first-order valence-electron chi connectivity index (χ1n) is 5.52. The van der Waals surface area contributed by atoms with Gasteiger partial charge >= 0.3 is 0 Å². The topological polar surface area (TPSA) is 30.5 Å². The zero-order valence-corrected chi connectivity index (χ0v) is 8.66. The van der Waals surface area contributed by atoms with Gasteiger partial charge in [0, 0.05) is 18.7 Å². The minimum absolute atomic E-state index is 0.477. The molecule has 3 nitrogen and oxygen atoms in total. The average Bonchev–Trinajstić information content (AvgIpc) is 2.87. The molecule has 1 aromatic rings. The Labute approximate surface area is 89.4 Å². The van der Waals surface area contributed by atoms with E-state index in [1.807, 2.05) is 0 Å². The first-order chi connectivity index (χ1) is 7.42. The van der Waals surface area contributed by atoms with Crippen LogP contribution in [0.1, 0.15) is 12.0 Å². The first-order valence-corrected chi connectivity index (χ1v) is 5.52. The van der Waals surface area contributed by atoms with Gasteiger partial charge in [-0.3, -0.25) is 0 Å². The van der Waals surface area contributed by atoms with E-state index in [9.17, 15) is 0 Å². The Bertz CT molecular complexity index is 359. The third-order valence-corrected chi connectivity index (χ3v) is 2.99. The van der Waals surface area contributed by atoms with E-state index < -0.39 is 0 Å². The maximum absolute atomic E-state index is 5.47. The summed E-state index contributed by atoms with van der Waals surface area (Å²) >= 11 is 0. The summed E-state index contributed by atoms with van der Waals surface area (Å²) in [5, 5.41) is 3.49. The van der Waals surface area contributed by atoms with E-state index in [1.54, 1.807) is 0 Å². The molecule has 1 unspecified atom stereocenters. The van der Waals surface area contributed by atoms with Crippen LogP contribution in [-0.4, -0.2) is 25.9 Å². The van der Waals surface area contributed by atoms with Crippen molar-refractivity contribution in [3.8, 4) is 5.75 Å². The Morgan fingerprint density at radius 2 is 2.27 bits per heavy atom. The summed E-state index contributed by atoms with van der Waals surface area (Å²) in [5.74, 6) is 1.04. The fourth-order valence-corrected chi connectivity index (χ4v) is 2.16. The molecule has 0 aromatic heterocycles. The Morgan fingerprint density at radius 3 is 3.13 bits per heavy atom. The lowest BCUT2D eigenvalue weighted by Crippen LogP contribution is -2.18. The highest BCUT2D eigenvalue weighted by Gasteiger charge is 2.17. The molecular formula is C12H15NO2. The lowest BCUT2D eigenvalue weighted by atomic mass is 10.1. The molecule has 1 fully saturated rings. The second kappa shape index (κ2) is 3.74. The van der Waals surface area contributed by atoms with Crippen LogP contribution in [0, 0.1) is 0 Å². The van der Waals surface area contributed by atoms with Gasteiger partial charge in [-0.15, -0.1) is 0 Å². The normalized spacial score (nSPS) is 23.6. The van der Waals surface area contributed by atoms with Crippen molar-refractivity contribution < 1.29 is 9.47 Å². The van der Waals surface area contributed by atoms with Gasteiger partial charge in [0.25, 0.3) is 0 Å². The summed E-state index contributed by atoms with van der Waals surface area (Å²) in [5.41, 5.74) is 2.51. The number of nitrogens with one attached hydrogen (secondary N) is 1. The highest BCUT2D eigenvalue weighted by atomic mass is 16.5. The number of fused-ring (bicyclic) bond motifs is 1. The predicted molar refractivity (Wildman–Crippen MR) is 58.5 cm³/mol. The highest BCUT2D eigenvalue weighted by molar-refractivity contribution is 5.53. The molecular weight excluding hydrogens is 190 g/mol. The van der Waals surface area contributed by atoms with E-state index in [-0.39, 0.29) is 0 Å². The van der Waals surface area contributed by atoms with E-state index in [1.165, 1.54) is 11.3 Å². The van der Waals surface area contributed by atoms with Gasteiger partial charge in [-0.1, -0.05) is 0 Å². The Hall–Kier alpha value is -1.22. The summed E-state index contributed by atoms with van der Waals surface area (Å²) in [7, 11) is 0. The van der Waals surface area contributed by atoms with E-state index in [0.717, 1.165) is 38.4 Å². The van der Waals surface area contributed by atoms with Gasteiger partial charge in [0.2, 0.25) is 0 Å². The number of anilines is 1. The Balaban J connectivity index is 1.75. The molecule has 0 spiro atoms. The van der Waals surface area contributed by atoms with Crippen molar-refractivity contribution in [2.45, 2.75) is 18.9 Å². The van der Waals surface area contributed by atoms with Crippen molar-refractivity contribution in [3.05, 3.63) is 23.8 Å². The average molecular weight is 205 g/mol. The molecule has 3 heteroatoms. The van der Waals surface area contributed by atoms with Crippen LogP contribution < -0.4 is 10.1 Å². The first kappa shape index (κ1) is 9.04. The van der Waals surface area contributed by atoms with Gasteiger partial charge in [-0.25, -0.2) is 0 Å². The molecule has 2 aliphatic heterocycles. The van der Waals surface area contributed by atoms with Gasteiger partial charge in [-0.05, 0) is 30.2 Å². The van der Waals surface area contributed by atoms with Gasteiger partial charge < -0.3 is 14.8 Å². The van der Waals surface area contributed by atoms with Crippen LogP contribution in [0.25, 0.3) is 0 Å². The molecule has 15 heavy (non-hydrogen) atoms. The van der Waals surface area contributed by atoms with Crippen LogP contribution >= 0.6 is 0 Å². The maximum atomic E-state index is 5.47. The zero-order valence-electron chi connectivity index (χ0n) is 8.66. The third-order valence-electron chi connectivity index (χ3n) is 2.99. The summed E-state index contributed by atoms with van der Waals surface area (Å²) in [6.07, 6.45) is 2.14. The minimum atomic E-state index is 0.477. The van der Waals surface area contributed by atoms with E-state index in [0.29, 0.717) is 6.04 Å². The quantitative estimate of drug-likeness (QED) is 0.799. The lowest BCUT2D eigenvalue weighted by Gasteiger charge is -2.12. The van der Waals surface area contributed by atoms with Crippen LogP contribution in [0.5, 0.6) is 5.75 Å². The van der Waals surface area contributed by atoms with Crippen LogP contribution in [0.2, 0.25) is 0 Å². The minimum Gasteiger partial charge on any atom is -0.493 e. The molecule has 0 radical (unpaired) electrons. The van der Waals surface area contributed by atoms with Gasteiger partial charge in [-0.2, -0.15) is 0 Å². The fourth-order valence-electron chi connectivity index (χ4n) is 2.16. The molecule has 0 aliphatic carbocycles. The molecule has 3 rings (SSSR count). The summed E-state index contributed by atoms with van der Waals surface area (Å²) in [4.78, 5) is 0. The van der Waals surface area contributed by atoms with Crippen molar-refractivity contribution in [3.63, 3.8) is 0 Å². The number of ether oxygens (including phenoxy) is 2. The summed E-state index contributed by atoms with van der Waals surface area (Å²) in [6, 6.07) is 6.81. The van der Waals surface area contributed by atoms with Crippen LogP contribution in [0.15, 0.2) is 18.2 Å². The van der Waals surface area contributed by atoms with Crippen LogP contribution in [0.4, 0.5) is 5.69 Å². The van der Waals surface area contributed by atoms with Crippen LogP contribution in [0.3, 0.4) is 0 Å². The predicted octanol–water partition coefficient (Wildman–Crippen LogP) is 1.82. The van der Waals surface area contributed by atoms with Gasteiger partial charge in [0.05, 0.1) is 19.3 Å².